The molecule has 2 heterocycles. The topological polar surface area (TPSA) is 47.8 Å². The van der Waals surface area contributed by atoms with E-state index in [9.17, 15) is 4.79 Å². The van der Waals surface area contributed by atoms with E-state index in [2.05, 4.69) is 10.1 Å². The Morgan fingerprint density at radius 2 is 2.40 bits per heavy atom. The molecule has 0 bridgehead atoms. The maximum atomic E-state index is 11.4. The van der Waals surface area contributed by atoms with Gasteiger partial charge in [-0.3, -0.25) is 4.79 Å². The molecule has 78 valence electrons. The maximum Gasteiger partial charge on any atom is 0.165 e. The lowest BCUT2D eigenvalue weighted by Crippen LogP contribution is -1.96. The van der Waals surface area contributed by atoms with Crippen molar-refractivity contribution in [2.75, 3.05) is 0 Å². The summed E-state index contributed by atoms with van der Waals surface area (Å²) in [6.45, 7) is 3.78. The second-order valence-corrected chi connectivity index (χ2v) is 4.24. The van der Waals surface area contributed by atoms with Crippen molar-refractivity contribution in [3.8, 4) is 5.82 Å². The fourth-order valence-electron chi connectivity index (χ4n) is 1.25. The molecule has 0 aliphatic heterocycles. The molecule has 0 fully saturated rings. The summed E-state index contributed by atoms with van der Waals surface area (Å²) in [5, 5.41) is 7.02. The number of aromatic nitrogens is 3. The molecule has 0 saturated carbocycles. The smallest absolute Gasteiger partial charge is 0.165 e. The second kappa shape index (κ2) is 3.94. The predicted molar refractivity (Wildman–Crippen MR) is 58.6 cm³/mol. The van der Waals surface area contributed by atoms with E-state index >= 15 is 0 Å². The van der Waals surface area contributed by atoms with Crippen molar-refractivity contribution in [1.29, 1.82) is 0 Å². The van der Waals surface area contributed by atoms with E-state index < -0.39 is 0 Å². The van der Waals surface area contributed by atoms with Gasteiger partial charge in [0.15, 0.2) is 11.6 Å². The number of aryl methyl sites for hydroxylation is 1. The summed E-state index contributed by atoms with van der Waals surface area (Å²) in [5.74, 6) is 0.876. The molecule has 0 unspecified atom stereocenters. The van der Waals surface area contributed by atoms with Crippen LogP contribution in [-0.2, 0) is 0 Å². The summed E-state index contributed by atoms with van der Waals surface area (Å²) >= 11 is 1.57. The molecule has 5 heteroatoms. The third kappa shape index (κ3) is 1.97. The Balaban J connectivity index is 2.31. The van der Waals surface area contributed by atoms with Crippen molar-refractivity contribution in [3.63, 3.8) is 0 Å². The zero-order chi connectivity index (χ0) is 10.8. The number of hydrogen-bond donors (Lipinski definition) is 0. The van der Waals surface area contributed by atoms with Crippen LogP contribution in [0, 0.1) is 6.92 Å². The molecule has 0 N–H and O–H groups in total. The van der Waals surface area contributed by atoms with Gasteiger partial charge in [0.2, 0.25) is 0 Å². The first-order chi connectivity index (χ1) is 7.20. The molecular formula is C10H11N3OS. The molecule has 0 amide bonds. The number of Topliss-reactive ketones (excluding diaryl/α,β-unsaturated/α-hetero) is 1. The predicted octanol–water partition coefficient (Wildman–Crippen LogP) is 2.23. The van der Waals surface area contributed by atoms with Gasteiger partial charge >= 0.3 is 0 Å². The minimum Gasteiger partial charge on any atom is -0.294 e. The van der Waals surface area contributed by atoms with E-state index in [1.54, 1.807) is 28.4 Å². The first-order valence-electron chi connectivity index (χ1n) is 4.71. The van der Waals surface area contributed by atoms with Gasteiger partial charge in [0.25, 0.3) is 0 Å². The van der Waals surface area contributed by atoms with E-state index in [1.807, 2.05) is 19.2 Å². The average Bonchev–Trinajstić information content (AvgIpc) is 2.84. The van der Waals surface area contributed by atoms with Crippen molar-refractivity contribution < 1.29 is 4.79 Å². The summed E-state index contributed by atoms with van der Waals surface area (Å²) in [6, 6.07) is 0. The van der Waals surface area contributed by atoms with Crippen LogP contribution < -0.4 is 0 Å². The van der Waals surface area contributed by atoms with Crippen LogP contribution in [0.1, 0.15) is 28.7 Å². The molecule has 2 aromatic heterocycles. The number of thiazole rings is 1. The van der Waals surface area contributed by atoms with Crippen molar-refractivity contribution in [3.05, 3.63) is 28.3 Å². The normalized spacial score (nSPS) is 10.5. The highest BCUT2D eigenvalue weighted by molar-refractivity contribution is 7.09. The third-order valence-corrected chi connectivity index (χ3v) is 2.83. The standard InChI is InChI=1S/C10H11N3OS/c1-3-9(14)8-4-11-13(5-8)10-6-15-7(2)12-10/h4-6H,3H2,1-2H3. The molecule has 0 radical (unpaired) electrons. The highest BCUT2D eigenvalue weighted by atomic mass is 32.1. The molecule has 0 atom stereocenters. The van der Waals surface area contributed by atoms with Gasteiger partial charge < -0.3 is 0 Å². The number of carbonyl (C=O) groups excluding carboxylic acids is 1. The fourth-order valence-corrected chi connectivity index (χ4v) is 1.84. The number of nitrogens with zero attached hydrogens (tertiary/aromatic N) is 3. The summed E-state index contributed by atoms with van der Waals surface area (Å²) in [4.78, 5) is 15.7. The van der Waals surface area contributed by atoms with Gasteiger partial charge in [-0.05, 0) is 6.92 Å². The Hall–Kier alpha value is -1.49. The SMILES string of the molecule is CCC(=O)c1cnn(-c2csc(C)n2)c1. The van der Waals surface area contributed by atoms with Crippen LogP contribution in [-0.4, -0.2) is 20.5 Å². The van der Waals surface area contributed by atoms with Gasteiger partial charge in [-0.1, -0.05) is 6.92 Å². The van der Waals surface area contributed by atoms with Crippen LogP contribution in [0.2, 0.25) is 0 Å². The lowest BCUT2D eigenvalue weighted by atomic mass is 10.2. The van der Waals surface area contributed by atoms with Crippen LogP contribution in [0.3, 0.4) is 0 Å². The Morgan fingerprint density at radius 1 is 1.60 bits per heavy atom. The fraction of sp³-hybridized carbons (Fsp3) is 0.300. The van der Waals surface area contributed by atoms with Crippen molar-refractivity contribution in [2.24, 2.45) is 0 Å². The zero-order valence-electron chi connectivity index (χ0n) is 8.60. The van der Waals surface area contributed by atoms with E-state index in [1.165, 1.54) is 0 Å². The molecule has 0 aliphatic carbocycles. The Kier molecular flexibility index (Phi) is 2.64. The van der Waals surface area contributed by atoms with Crippen LogP contribution >= 0.6 is 11.3 Å². The van der Waals surface area contributed by atoms with Gasteiger partial charge in [-0.15, -0.1) is 11.3 Å². The van der Waals surface area contributed by atoms with Crippen molar-refractivity contribution in [2.45, 2.75) is 20.3 Å². The highest BCUT2D eigenvalue weighted by Gasteiger charge is 2.08. The Morgan fingerprint density at radius 3 is 3.00 bits per heavy atom. The number of rotatable bonds is 3. The quantitative estimate of drug-likeness (QED) is 0.747. The Labute approximate surface area is 91.6 Å². The van der Waals surface area contributed by atoms with Crippen LogP contribution in [0.4, 0.5) is 0 Å². The molecule has 0 saturated heterocycles. The summed E-state index contributed by atoms with van der Waals surface area (Å²) in [5.41, 5.74) is 0.642. The molecule has 0 aliphatic rings. The molecule has 2 aromatic rings. The van der Waals surface area contributed by atoms with Crippen LogP contribution in [0.5, 0.6) is 0 Å². The first kappa shape index (κ1) is 10.0. The van der Waals surface area contributed by atoms with Gasteiger partial charge in [-0.2, -0.15) is 5.10 Å². The lowest BCUT2D eigenvalue weighted by molar-refractivity contribution is 0.0988. The first-order valence-corrected chi connectivity index (χ1v) is 5.59. The average molecular weight is 221 g/mol. The molecule has 2 rings (SSSR count). The summed E-state index contributed by atoms with van der Waals surface area (Å²) in [6.07, 6.45) is 3.81. The van der Waals surface area contributed by atoms with Crippen molar-refractivity contribution in [1.82, 2.24) is 14.8 Å². The molecule has 0 aromatic carbocycles. The Bertz CT molecular complexity index is 486. The third-order valence-electron chi connectivity index (χ3n) is 2.07. The zero-order valence-corrected chi connectivity index (χ0v) is 9.41. The largest absolute Gasteiger partial charge is 0.294 e. The molecule has 4 nitrogen and oxygen atoms in total. The minimum absolute atomic E-state index is 0.105. The minimum atomic E-state index is 0.105. The number of hydrogen-bond acceptors (Lipinski definition) is 4. The van der Waals surface area contributed by atoms with Crippen LogP contribution in [0.25, 0.3) is 5.82 Å². The molecule has 0 spiro atoms. The summed E-state index contributed by atoms with van der Waals surface area (Å²) in [7, 11) is 0. The van der Waals surface area contributed by atoms with E-state index in [0.717, 1.165) is 10.8 Å². The lowest BCUT2D eigenvalue weighted by Gasteiger charge is -1.92. The van der Waals surface area contributed by atoms with Gasteiger partial charge in [0, 0.05) is 18.0 Å². The van der Waals surface area contributed by atoms with E-state index in [-0.39, 0.29) is 5.78 Å². The van der Waals surface area contributed by atoms with Gasteiger partial charge in [-0.25, -0.2) is 9.67 Å². The van der Waals surface area contributed by atoms with E-state index in [0.29, 0.717) is 12.0 Å². The number of ketones is 1. The van der Waals surface area contributed by atoms with E-state index in [4.69, 9.17) is 0 Å². The number of carbonyl (C=O) groups is 1. The van der Waals surface area contributed by atoms with Gasteiger partial charge in [0.05, 0.1) is 16.8 Å². The monoisotopic (exact) mass is 221 g/mol. The molecule has 15 heavy (non-hydrogen) atoms. The molecular weight excluding hydrogens is 210 g/mol. The van der Waals surface area contributed by atoms with Gasteiger partial charge in [0.1, 0.15) is 0 Å². The summed E-state index contributed by atoms with van der Waals surface area (Å²) < 4.78 is 1.63. The maximum absolute atomic E-state index is 11.4. The van der Waals surface area contributed by atoms with Crippen molar-refractivity contribution >= 4 is 17.1 Å². The highest BCUT2D eigenvalue weighted by Crippen LogP contribution is 2.13. The van der Waals surface area contributed by atoms with Crippen LogP contribution in [0.15, 0.2) is 17.8 Å². The second-order valence-electron chi connectivity index (χ2n) is 3.18.